The predicted molar refractivity (Wildman–Crippen MR) is 195 cm³/mol. The SMILES string of the molecule is CC1CC=CC=C1c1cc(-c2ccc3c(c2)-c2ccccc2C2(C)C=CC=CC32)cc(-c2cccc3c2sc2ccccc23)c1. The van der Waals surface area contributed by atoms with Crippen molar-refractivity contribution in [3.8, 4) is 33.4 Å². The van der Waals surface area contributed by atoms with Crippen LogP contribution in [0.4, 0.5) is 0 Å². The number of benzene rings is 5. The van der Waals surface area contributed by atoms with Gasteiger partial charge in [-0.2, -0.15) is 0 Å². The van der Waals surface area contributed by atoms with Crippen LogP contribution >= 0.6 is 11.3 Å². The van der Waals surface area contributed by atoms with Crippen LogP contribution in [0.25, 0.3) is 59.1 Å². The van der Waals surface area contributed by atoms with Gasteiger partial charge in [0, 0.05) is 31.5 Å². The van der Waals surface area contributed by atoms with E-state index in [1.807, 2.05) is 11.3 Å². The van der Waals surface area contributed by atoms with E-state index in [1.165, 1.54) is 75.8 Å². The van der Waals surface area contributed by atoms with Gasteiger partial charge in [-0.25, -0.2) is 0 Å². The third kappa shape index (κ3) is 4.11. The first-order chi connectivity index (χ1) is 22.1. The second-order valence-electron chi connectivity index (χ2n) is 13.1. The summed E-state index contributed by atoms with van der Waals surface area (Å²) in [6.45, 7) is 4.75. The molecule has 6 aromatic rings. The molecule has 0 nitrogen and oxygen atoms in total. The van der Waals surface area contributed by atoms with Crippen molar-refractivity contribution in [1.29, 1.82) is 0 Å². The summed E-state index contributed by atoms with van der Waals surface area (Å²) in [6.07, 6.45) is 17.1. The average molecular weight is 595 g/mol. The van der Waals surface area contributed by atoms with E-state index >= 15 is 0 Å². The van der Waals surface area contributed by atoms with Crippen LogP contribution in [0, 0.1) is 5.92 Å². The molecular weight excluding hydrogens is 561 g/mol. The van der Waals surface area contributed by atoms with E-state index in [2.05, 4.69) is 160 Å². The maximum absolute atomic E-state index is 2.46. The summed E-state index contributed by atoms with van der Waals surface area (Å²) < 4.78 is 2.71. The van der Waals surface area contributed by atoms with Crippen LogP contribution in [0.2, 0.25) is 0 Å². The number of hydrogen-bond acceptors (Lipinski definition) is 1. The van der Waals surface area contributed by atoms with E-state index in [1.54, 1.807) is 0 Å². The topological polar surface area (TPSA) is 0 Å². The first kappa shape index (κ1) is 26.7. The molecule has 45 heavy (non-hydrogen) atoms. The van der Waals surface area contributed by atoms with Gasteiger partial charge in [-0.05, 0) is 98.3 Å². The fraction of sp³-hybridized carbons (Fsp3) is 0.136. The lowest BCUT2D eigenvalue weighted by Gasteiger charge is -2.42. The molecule has 1 aromatic heterocycles. The van der Waals surface area contributed by atoms with Crippen molar-refractivity contribution < 1.29 is 0 Å². The predicted octanol–water partition coefficient (Wildman–Crippen LogP) is 12.5. The second kappa shape index (κ2) is 10.2. The Morgan fingerprint density at radius 1 is 0.667 bits per heavy atom. The van der Waals surface area contributed by atoms with Crippen LogP contribution in [0.5, 0.6) is 0 Å². The van der Waals surface area contributed by atoms with Gasteiger partial charge >= 0.3 is 0 Å². The van der Waals surface area contributed by atoms with Crippen molar-refractivity contribution in [3.63, 3.8) is 0 Å². The van der Waals surface area contributed by atoms with E-state index < -0.39 is 0 Å². The highest BCUT2D eigenvalue weighted by Crippen LogP contribution is 2.54. The maximum atomic E-state index is 2.46. The van der Waals surface area contributed by atoms with Gasteiger partial charge in [0.2, 0.25) is 0 Å². The zero-order chi connectivity index (χ0) is 30.1. The largest absolute Gasteiger partial charge is 0.135 e. The summed E-state index contributed by atoms with van der Waals surface area (Å²) >= 11 is 1.91. The third-order valence-corrected chi connectivity index (χ3v) is 11.7. The smallest absolute Gasteiger partial charge is 0.0433 e. The molecule has 0 aliphatic heterocycles. The molecule has 0 amide bonds. The molecule has 1 heteroatoms. The van der Waals surface area contributed by atoms with E-state index in [9.17, 15) is 0 Å². The van der Waals surface area contributed by atoms with Crippen molar-refractivity contribution in [1.82, 2.24) is 0 Å². The molecule has 0 spiro atoms. The first-order valence-corrected chi connectivity index (χ1v) is 16.9. The van der Waals surface area contributed by atoms with Gasteiger partial charge in [0.15, 0.2) is 0 Å². The Hall–Kier alpha value is -4.72. The Kier molecular flexibility index (Phi) is 6.02. The van der Waals surface area contributed by atoms with Crippen LogP contribution in [0.1, 0.15) is 42.9 Å². The molecule has 9 rings (SSSR count). The molecule has 0 radical (unpaired) electrons. The van der Waals surface area contributed by atoms with Gasteiger partial charge in [0.1, 0.15) is 0 Å². The highest BCUT2D eigenvalue weighted by Gasteiger charge is 2.41. The van der Waals surface area contributed by atoms with Gasteiger partial charge < -0.3 is 0 Å². The van der Waals surface area contributed by atoms with Crippen molar-refractivity contribution in [3.05, 3.63) is 162 Å². The zero-order valence-electron chi connectivity index (χ0n) is 25.6. The molecule has 5 aromatic carbocycles. The van der Waals surface area contributed by atoms with E-state index in [-0.39, 0.29) is 5.41 Å². The molecule has 0 bridgehead atoms. The number of thiophene rings is 1. The maximum Gasteiger partial charge on any atom is 0.0433 e. The molecule has 0 N–H and O–H groups in total. The van der Waals surface area contributed by atoms with Crippen LogP contribution in [-0.2, 0) is 5.41 Å². The number of fused-ring (bicyclic) bond motifs is 9. The normalized spacial score (nSPS) is 21.4. The summed E-state index contributed by atoms with van der Waals surface area (Å²) in [5.41, 5.74) is 13.4. The summed E-state index contributed by atoms with van der Waals surface area (Å²) in [5, 5.41) is 2.69. The average Bonchev–Trinajstić information content (AvgIpc) is 3.47. The van der Waals surface area contributed by atoms with Crippen molar-refractivity contribution in [2.45, 2.75) is 31.6 Å². The quantitative estimate of drug-likeness (QED) is 0.191. The lowest BCUT2D eigenvalue weighted by atomic mass is 9.60. The fourth-order valence-corrected chi connectivity index (χ4v) is 9.30. The molecule has 216 valence electrons. The molecule has 0 fully saturated rings. The van der Waals surface area contributed by atoms with Crippen molar-refractivity contribution in [2.75, 3.05) is 0 Å². The molecular formula is C44H34S. The molecule has 3 aliphatic rings. The number of allylic oxidation sites excluding steroid dienone is 8. The highest BCUT2D eigenvalue weighted by atomic mass is 32.1. The van der Waals surface area contributed by atoms with Crippen LogP contribution < -0.4 is 0 Å². The molecule has 3 atom stereocenters. The minimum Gasteiger partial charge on any atom is -0.135 e. The van der Waals surface area contributed by atoms with Crippen LogP contribution in [0.15, 0.2) is 146 Å². The number of hydrogen-bond donors (Lipinski definition) is 0. The van der Waals surface area contributed by atoms with Gasteiger partial charge in [-0.3, -0.25) is 0 Å². The molecule has 0 saturated heterocycles. The zero-order valence-corrected chi connectivity index (χ0v) is 26.4. The second-order valence-corrected chi connectivity index (χ2v) is 14.2. The Morgan fingerprint density at radius 2 is 1.47 bits per heavy atom. The Morgan fingerprint density at radius 3 is 2.40 bits per heavy atom. The fourth-order valence-electron chi connectivity index (χ4n) is 8.06. The van der Waals surface area contributed by atoms with Crippen LogP contribution in [-0.4, -0.2) is 0 Å². The standard InChI is InChI=1S/C44H34S/c1-28-12-3-4-13-33(28)31-24-30(25-32(26-31)34-16-11-17-38-37-15-6-8-20-42(37)45-43(34)38)29-21-22-36-39(27-29)35-14-5-7-18-40(35)44(2)23-10-9-19-41(36)44/h3-11,13-28,41H,12H2,1-2H3. The monoisotopic (exact) mass is 594 g/mol. The van der Waals surface area contributed by atoms with Crippen molar-refractivity contribution in [2.24, 2.45) is 5.92 Å². The number of rotatable bonds is 3. The molecule has 3 unspecified atom stereocenters. The molecule has 3 aliphatic carbocycles. The van der Waals surface area contributed by atoms with E-state index in [0.29, 0.717) is 11.8 Å². The first-order valence-electron chi connectivity index (χ1n) is 16.1. The third-order valence-electron chi connectivity index (χ3n) is 10.4. The summed E-state index contributed by atoms with van der Waals surface area (Å²) in [4.78, 5) is 0. The van der Waals surface area contributed by atoms with Gasteiger partial charge in [0.05, 0.1) is 0 Å². The highest BCUT2D eigenvalue weighted by molar-refractivity contribution is 7.26. The van der Waals surface area contributed by atoms with E-state index in [4.69, 9.17) is 0 Å². The summed E-state index contributed by atoms with van der Waals surface area (Å²) in [7, 11) is 0. The minimum absolute atomic E-state index is 0.0347. The van der Waals surface area contributed by atoms with Gasteiger partial charge in [-0.1, -0.05) is 129 Å². The molecule has 1 heterocycles. The van der Waals surface area contributed by atoms with Gasteiger partial charge in [0.25, 0.3) is 0 Å². The summed E-state index contributed by atoms with van der Waals surface area (Å²) in [6, 6.07) is 39.2. The van der Waals surface area contributed by atoms with Crippen LogP contribution in [0.3, 0.4) is 0 Å². The lowest BCUT2D eigenvalue weighted by Crippen LogP contribution is -2.32. The Labute approximate surface area is 269 Å². The lowest BCUT2D eigenvalue weighted by molar-refractivity contribution is 0.519. The van der Waals surface area contributed by atoms with Gasteiger partial charge in [-0.15, -0.1) is 11.3 Å². The van der Waals surface area contributed by atoms with E-state index in [0.717, 1.165) is 6.42 Å². The Balaban J connectivity index is 1.27. The minimum atomic E-state index is -0.0347. The summed E-state index contributed by atoms with van der Waals surface area (Å²) in [5.74, 6) is 0.811. The van der Waals surface area contributed by atoms with Crippen molar-refractivity contribution >= 4 is 37.1 Å². The molecule has 0 saturated carbocycles. The Bertz CT molecular complexity index is 2290.